The van der Waals surface area contributed by atoms with E-state index in [4.69, 9.17) is 18.0 Å². The molecule has 8 rings (SSSR count). The van der Waals surface area contributed by atoms with Crippen LogP contribution in [0.1, 0.15) is 75.4 Å². The lowest BCUT2D eigenvalue weighted by Gasteiger charge is -2.24. The van der Waals surface area contributed by atoms with Gasteiger partial charge in [0.2, 0.25) is 0 Å². The summed E-state index contributed by atoms with van der Waals surface area (Å²) in [5.41, 5.74) is -0.167. The molecule has 0 radical (unpaired) electrons. The normalized spacial score (nSPS) is 23.7. The summed E-state index contributed by atoms with van der Waals surface area (Å²) in [7, 11) is -5.05. The van der Waals surface area contributed by atoms with Gasteiger partial charge >= 0.3 is 34.6 Å². The lowest BCUT2D eigenvalue weighted by molar-refractivity contribution is -0.0723. The van der Waals surface area contributed by atoms with E-state index in [9.17, 15) is 37.2 Å². The Morgan fingerprint density at radius 2 is 1.05 bits per heavy atom. The van der Waals surface area contributed by atoms with Crippen molar-refractivity contribution in [3.63, 3.8) is 0 Å². The number of aromatic nitrogens is 4. The minimum atomic E-state index is -5.05. The van der Waals surface area contributed by atoms with Crippen LogP contribution in [-0.2, 0) is 28.4 Å². The van der Waals surface area contributed by atoms with Crippen molar-refractivity contribution in [1.82, 2.24) is 59.9 Å². The summed E-state index contributed by atoms with van der Waals surface area (Å²) >= 11 is 0. The molecule has 63 heavy (non-hydrogen) atoms. The highest BCUT2D eigenvalue weighted by Crippen LogP contribution is 2.31. The zero-order valence-electron chi connectivity index (χ0n) is 35.6. The van der Waals surface area contributed by atoms with Gasteiger partial charge in [0.15, 0.2) is 11.4 Å². The second-order valence-electron chi connectivity index (χ2n) is 18.0. The monoisotopic (exact) mass is 898 g/mol. The first-order chi connectivity index (χ1) is 29.6. The van der Waals surface area contributed by atoms with Gasteiger partial charge in [-0.25, -0.2) is 28.5 Å². The first kappa shape index (κ1) is 43.4. The van der Waals surface area contributed by atoms with Crippen LogP contribution < -0.4 is 10.6 Å². The van der Waals surface area contributed by atoms with Gasteiger partial charge in [0, 0.05) is 63.7 Å². The average molecular weight is 899 g/mol. The molecule has 2 aromatic heterocycles. The molecular weight excluding hydrogens is 849 g/mol. The van der Waals surface area contributed by atoms with E-state index in [2.05, 4.69) is 20.8 Å². The molecule has 4 bridgehead atoms. The number of amides is 8. The van der Waals surface area contributed by atoms with Crippen molar-refractivity contribution in [1.29, 1.82) is 0 Å². The predicted molar refractivity (Wildman–Crippen MR) is 217 cm³/mol. The number of hydroxylamine groups is 4. The Morgan fingerprint density at radius 3 is 1.43 bits per heavy atom. The molecule has 0 spiro atoms. The van der Waals surface area contributed by atoms with Crippen molar-refractivity contribution in [3.8, 4) is 0 Å². The number of carbonyl (C=O) groups is 6. The first-order valence-corrected chi connectivity index (χ1v) is 21.8. The quantitative estimate of drug-likeness (QED) is 0.341. The molecule has 8 amide bonds. The molecule has 4 saturated heterocycles. The molecule has 0 aliphatic carbocycles. The Labute approximate surface area is 362 Å². The van der Waals surface area contributed by atoms with E-state index >= 15 is 0 Å². The van der Waals surface area contributed by atoms with Crippen LogP contribution in [0.15, 0.2) is 36.7 Å². The van der Waals surface area contributed by atoms with E-state index in [-0.39, 0.29) is 62.7 Å². The molecule has 4 fully saturated rings. The number of likely N-dealkylation sites (tertiary alicyclic amines) is 2. The van der Waals surface area contributed by atoms with E-state index in [0.29, 0.717) is 47.5 Å². The smallest absolute Gasteiger partial charge is 0.442 e. The minimum absolute atomic E-state index is 0.0195. The summed E-state index contributed by atoms with van der Waals surface area (Å²) in [5, 5.41) is 15.8. The number of nitrogens with one attached hydrogen (secondary N) is 2. The molecule has 4 atom stereocenters. The lowest BCUT2D eigenvalue weighted by atomic mass is 10.2. The van der Waals surface area contributed by atoms with Crippen LogP contribution in [0.5, 0.6) is 0 Å². The van der Waals surface area contributed by atoms with Crippen LogP contribution in [0.25, 0.3) is 11.4 Å². The number of carbonyl (C=O) groups excluding carboxylic acids is 6. The third-order valence-corrected chi connectivity index (χ3v) is 11.4. The summed E-state index contributed by atoms with van der Waals surface area (Å²) < 4.78 is 50.6. The molecule has 2 N–H and O–H groups in total. The van der Waals surface area contributed by atoms with Gasteiger partial charge in [0.05, 0.1) is 24.5 Å². The fraction of sp³-hybridized carbons (Fsp3) is 0.579. The van der Waals surface area contributed by atoms with Gasteiger partial charge in [-0.15, -0.1) is 8.57 Å². The Kier molecular flexibility index (Phi) is 11.1. The molecule has 0 saturated carbocycles. The first-order valence-electron chi connectivity index (χ1n) is 20.5. The van der Waals surface area contributed by atoms with E-state index in [0.717, 1.165) is 0 Å². The van der Waals surface area contributed by atoms with Crippen molar-refractivity contribution in [2.24, 2.45) is 0 Å². The van der Waals surface area contributed by atoms with Crippen LogP contribution in [0, 0.1) is 0 Å². The highest BCUT2D eigenvalue weighted by atomic mass is 32.3. The van der Waals surface area contributed by atoms with Crippen LogP contribution in [0.3, 0.4) is 0 Å². The van der Waals surface area contributed by atoms with Crippen LogP contribution >= 0.6 is 0 Å². The third kappa shape index (κ3) is 9.58. The number of hydrogen-bond donors (Lipinski definition) is 2. The van der Waals surface area contributed by atoms with Crippen molar-refractivity contribution >= 4 is 57.9 Å². The molecular formula is C38H50N12O12S. The second-order valence-corrected chi connectivity index (χ2v) is 19.2. The number of urea groups is 2. The van der Waals surface area contributed by atoms with Gasteiger partial charge in [-0.3, -0.25) is 9.59 Å². The predicted octanol–water partition coefficient (Wildman–Crippen LogP) is 1.29. The molecule has 340 valence electrons. The minimum Gasteiger partial charge on any atom is -0.444 e. The Morgan fingerprint density at radius 1 is 0.651 bits per heavy atom. The summed E-state index contributed by atoms with van der Waals surface area (Å²) in [6.07, 6.45) is 6.41. The summed E-state index contributed by atoms with van der Waals surface area (Å²) in [6, 6.07) is -0.959. The maximum Gasteiger partial charge on any atom is 0.442 e. The van der Waals surface area contributed by atoms with E-state index < -0.39 is 69.7 Å². The Bertz CT molecular complexity index is 2230. The van der Waals surface area contributed by atoms with Crippen molar-refractivity contribution < 1.29 is 55.2 Å². The molecule has 6 aliphatic heterocycles. The molecule has 6 aliphatic rings. The number of rotatable bonds is 10. The van der Waals surface area contributed by atoms with E-state index in [1.54, 1.807) is 53.7 Å². The van der Waals surface area contributed by atoms with Crippen LogP contribution in [-0.4, -0.2) is 181 Å². The fourth-order valence-electron chi connectivity index (χ4n) is 7.92. The van der Waals surface area contributed by atoms with Crippen LogP contribution in [0.2, 0.25) is 0 Å². The fourth-order valence-corrected chi connectivity index (χ4v) is 8.69. The van der Waals surface area contributed by atoms with Crippen molar-refractivity contribution in [2.75, 3.05) is 52.4 Å². The average Bonchev–Trinajstić information content (AvgIpc) is 4.06. The van der Waals surface area contributed by atoms with Gasteiger partial charge in [-0.2, -0.15) is 28.7 Å². The standard InChI is InChI=1S/C38H50N12O12S/c1-37(2,3)59-35(55)43-11-7-23(17-43)39-31(51)29-9-13-47(41-29)25-15-27-21-45(19-25)33(53)49(27)61-63(57,58)62-50-28-16-26(20-46(22-28)34(50)54)48-14-10-30(42-48)32(52)40-24-8-12-44(18-24)36(56)60-38(4,5)6/h9-10,13-16,23-24,27-28H,7-8,11-12,17-22H2,1-6H3,(H,39,51)(H,40,52)/t23-,24-,27?,28?/m0/s1. The molecule has 24 nitrogen and oxygen atoms in total. The maximum absolute atomic E-state index is 13.3. The molecule has 8 heterocycles. The third-order valence-electron chi connectivity index (χ3n) is 10.7. The van der Waals surface area contributed by atoms with E-state index in [1.807, 2.05) is 0 Å². The highest BCUT2D eigenvalue weighted by Gasteiger charge is 2.48. The molecule has 0 aromatic carbocycles. The second kappa shape index (κ2) is 16.2. The van der Waals surface area contributed by atoms with Gasteiger partial charge in [-0.05, 0) is 78.7 Å². The maximum atomic E-state index is 13.3. The Hall–Kier alpha value is -6.21. The number of fused-ring (bicyclic) bond motifs is 4. The van der Waals surface area contributed by atoms with Crippen molar-refractivity contribution in [3.05, 3.63) is 48.1 Å². The summed E-state index contributed by atoms with van der Waals surface area (Å²) in [4.78, 5) is 83.4. The summed E-state index contributed by atoms with van der Waals surface area (Å²) in [5.74, 6) is -0.916. The number of ether oxygens (including phenoxy) is 2. The van der Waals surface area contributed by atoms with E-state index in [1.165, 1.54) is 53.5 Å². The number of nitrogens with zero attached hydrogens (tertiary/aromatic N) is 10. The Balaban J connectivity index is 0.854. The summed E-state index contributed by atoms with van der Waals surface area (Å²) in [6.45, 7) is 12.3. The lowest BCUT2D eigenvalue weighted by Crippen LogP contribution is -2.40. The topological polar surface area (TPSA) is 253 Å². The van der Waals surface area contributed by atoms with Gasteiger partial charge in [0.1, 0.15) is 23.3 Å². The van der Waals surface area contributed by atoms with Gasteiger partial charge in [-0.1, -0.05) is 0 Å². The van der Waals surface area contributed by atoms with Crippen LogP contribution in [0.4, 0.5) is 19.2 Å². The highest BCUT2D eigenvalue weighted by molar-refractivity contribution is 7.81. The SMILES string of the molecule is CC(C)(C)OC(=O)N1CC[C@H](NC(=O)c2ccn(C3=CC4CN(C3)C(=O)N4OS(=O)(=O)ON3C(=O)N4CC(n5ccc(C(=O)N[C@H]6CCN(C(=O)OC(C)(C)C)C6)n5)=CC3C4)n2)C1. The zero-order valence-corrected chi connectivity index (χ0v) is 36.4. The molecule has 2 unspecified atom stereocenters. The largest absolute Gasteiger partial charge is 0.444 e. The number of hydrogen-bond acceptors (Lipinski definition) is 14. The molecule has 2 aromatic rings. The van der Waals surface area contributed by atoms with Crippen molar-refractivity contribution in [2.45, 2.75) is 89.8 Å². The zero-order chi connectivity index (χ0) is 45.2. The van der Waals surface area contributed by atoms with Gasteiger partial charge < -0.3 is 39.7 Å². The molecule has 25 heteroatoms. The van der Waals surface area contributed by atoms with Gasteiger partial charge in [0.25, 0.3) is 11.8 Å².